The van der Waals surface area contributed by atoms with Crippen LogP contribution in [0.3, 0.4) is 0 Å². The van der Waals surface area contributed by atoms with Crippen LogP contribution in [-0.2, 0) is 14.2 Å². The number of nitrogens with one attached hydrogen (secondary N) is 1. The lowest BCUT2D eigenvalue weighted by Gasteiger charge is -2.31. The van der Waals surface area contributed by atoms with E-state index >= 15 is 0 Å². The van der Waals surface area contributed by atoms with E-state index in [0.29, 0.717) is 48.0 Å². The van der Waals surface area contributed by atoms with Gasteiger partial charge in [-0.15, -0.1) is 0 Å². The molecule has 13 heteroatoms. The highest BCUT2D eigenvalue weighted by molar-refractivity contribution is 6.25. The highest BCUT2D eigenvalue weighted by atomic mass is 16.6. The van der Waals surface area contributed by atoms with Gasteiger partial charge in [-0.1, -0.05) is 12.1 Å². The molecule has 1 aliphatic rings. The molecule has 13 nitrogen and oxygen atoms in total. The van der Waals surface area contributed by atoms with Gasteiger partial charge in [0.1, 0.15) is 16.8 Å². The van der Waals surface area contributed by atoms with Crippen LogP contribution in [0, 0.1) is 0 Å². The number of rotatable bonds is 12. The Morgan fingerprint density at radius 3 is 1.78 bits per heavy atom. The molecule has 1 aliphatic heterocycles. The summed E-state index contributed by atoms with van der Waals surface area (Å²) in [5.41, 5.74) is 5.20. The quantitative estimate of drug-likeness (QED) is 0.115. The average molecular weight is 684 g/mol. The van der Waals surface area contributed by atoms with Crippen molar-refractivity contribution in [2.24, 2.45) is 0 Å². The van der Waals surface area contributed by atoms with Gasteiger partial charge >= 0.3 is 18.3 Å². The Kier molecular flexibility index (Phi) is 12.5. The molecule has 0 aliphatic carbocycles. The molecule has 270 valence electrons. The molecule has 0 saturated carbocycles. The molecule has 2 aromatic rings. The number of hydrogen-bond donors (Lipinski definition) is 2. The van der Waals surface area contributed by atoms with Gasteiger partial charge in [0.15, 0.2) is 0 Å². The van der Waals surface area contributed by atoms with Crippen LogP contribution < -0.4 is 11.1 Å². The second-order valence-electron chi connectivity index (χ2n) is 15.2. The van der Waals surface area contributed by atoms with Crippen LogP contribution in [0.5, 0.6) is 0 Å². The van der Waals surface area contributed by atoms with Crippen molar-refractivity contribution >= 4 is 46.6 Å². The summed E-state index contributed by atoms with van der Waals surface area (Å²) >= 11 is 0. The van der Waals surface area contributed by atoms with Gasteiger partial charge in [0.2, 0.25) is 0 Å². The summed E-state index contributed by atoms with van der Waals surface area (Å²) in [6.07, 6.45) is -0.439. The highest BCUT2D eigenvalue weighted by Crippen LogP contribution is 2.32. The van der Waals surface area contributed by atoms with Crippen LogP contribution in [0.2, 0.25) is 0 Å². The summed E-state index contributed by atoms with van der Waals surface area (Å²) in [5, 5.41) is 4.01. The molecule has 0 fully saturated rings. The number of alkyl carbamates (subject to hydrolysis) is 1. The van der Waals surface area contributed by atoms with Gasteiger partial charge in [-0.05, 0) is 105 Å². The summed E-state index contributed by atoms with van der Waals surface area (Å²) < 4.78 is 16.5. The third-order valence-electron chi connectivity index (χ3n) is 7.19. The molecule has 3 N–H and O–H groups in total. The molecule has 0 unspecified atom stereocenters. The number of amides is 5. The van der Waals surface area contributed by atoms with Crippen LogP contribution in [0.1, 0.15) is 102 Å². The smallest absolute Gasteiger partial charge is 0.410 e. The van der Waals surface area contributed by atoms with Crippen molar-refractivity contribution in [3.63, 3.8) is 0 Å². The van der Waals surface area contributed by atoms with Gasteiger partial charge in [0, 0.05) is 55.9 Å². The first-order chi connectivity index (χ1) is 22.6. The van der Waals surface area contributed by atoms with Gasteiger partial charge in [-0.25, -0.2) is 14.4 Å². The van der Waals surface area contributed by atoms with E-state index in [-0.39, 0.29) is 32.7 Å². The van der Waals surface area contributed by atoms with Gasteiger partial charge in [-0.2, -0.15) is 0 Å². The lowest BCUT2D eigenvalue weighted by Crippen LogP contribution is -2.44. The summed E-state index contributed by atoms with van der Waals surface area (Å²) in [6.45, 7) is 17.4. The van der Waals surface area contributed by atoms with E-state index in [2.05, 4.69) is 5.32 Å². The van der Waals surface area contributed by atoms with E-state index < -0.39 is 46.9 Å². The topological polar surface area (TPSA) is 161 Å². The zero-order valence-corrected chi connectivity index (χ0v) is 30.4. The Bertz CT molecular complexity index is 1540. The summed E-state index contributed by atoms with van der Waals surface area (Å²) in [4.78, 5) is 69.5. The minimum absolute atomic E-state index is 0.0796. The van der Waals surface area contributed by atoms with E-state index in [0.717, 1.165) is 5.39 Å². The molecule has 0 saturated heterocycles. The van der Waals surface area contributed by atoms with Crippen LogP contribution in [0.15, 0.2) is 30.3 Å². The Morgan fingerprint density at radius 2 is 1.22 bits per heavy atom. The maximum Gasteiger partial charge on any atom is 0.410 e. The maximum atomic E-state index is 13.4. The lowest BCUT2D eigenvalue weighted by molar-refractivity contribution is 0.0202. The average Bonchev–Trinajstić information content (AvgIpc) is 2.94. The van der Waals surface area contributed by atoms with Gasteiger partial charge in [0.25, 0.3) is 11.8 Å². The zero-order chi connectivity index (χ0) is 36.7. The fraction of sp³-hybridized carbons (Fsp3) is 0.583. The molecule has 0 aromatic heterocycles. The number of nitrogen functional groups attached to an aromatic ring is 1. The summed E-state index contributed by atoms with van der Waals surface area (Å²) in [5.74, 6) is -0.829. The van der Waals surface area contributed by atoms with Crippen molar-refractivity contribution < 1.29 is 38.2 Å². The number of nitrogens with two attached hydrogens (primary N) is 1. The Balaban J connectivity index is 1.66. The second kappa shape index (κ2) is 15.8. The fourth-order valence-corrected chi connectivity index (χ4v) is 5.27. The molecule has 5 amide bonds. The Morgan fingerprint density at radius 1 is 0.714 bits per heavy atom. The van der Waals surface area contributed by atoms with E-state index in [1.807, 2.05) is 6.07 Å². The van der Waals surface area contributed by atoms with E-state index in [9.17, 15) is 24.0 Å². The SMILES string of the molecule is CC(C)(C)OC(=O)NCCCN(CCCN(CCCN1C(=O)c2cccc3cc(N)cc(c23)C1=O)C(=O)OC(C)(C)C)C(=O)OC(C)(C)C. The highest BCUT2D eigenvalue weighted by Gasteiger charge is 2.33. The first kappa shape index (κ1) is 38.9. The molecule has 3 rings (SSSR count). The third kappa shape index (κ3) is 11.8. The third-order valence-corrected chi connectivity index (χ3v) is 7.19. The molecule has 1 heterocycles. The minimum atomic E-state index is -0.750. The number of carbonyl (C=O) groups is 5. The van der Waals surface area contributed by atoms with Gasteiger partial charge in [-0.3, -0.25) is 14.5 Å². The van der Waals surface area contributed by atoms with E-state index in [1.165, 1.54) is 9.80 Å². The number of benzene rings is 2. The number of hydrogen-bond acceptors (Lipinski definition) is 9. The zero-order valence-electron chi connectivity index (χ0n) is 30.4. The number of carbonyl (C=O) groups excluding carboxylic acids is 5. The summed E-state index contributed by atoms with van der Waals surface area (Å²) in [6, 6.07) is 8.60. The Labute approximate surface area is 289 Å². The maximum absolute atomic E-state index is 13.4. The minimum Gasteiger partial charge on any atom is -0.444 e. The Hall–Kier alpha value is -4.55. The number of imide groups is 1. The predicted octanol–water partition coefficient (Wildman–Crippen LogP) is 6.19. The van der Waals surface area contributed by atoms with Crippen LogP contribution >= 0.6 is 0 Å². The van der Waals surface area contributed by atoms with Crippen LogP contribution in [0.4, 0.5) is 20.1 Å². The number of nitrogens with zero attached hydrogens (tertiary/aromatic N) is 3. The molecule has 0 atom stereocenters. The molecule has 0 bridgehead atoms. The number of ether oxygens (including phenoxy) is 3. The molecule has 0 spiro atoms. The molecule has 49 heavy (non-hydrogen) atoms. The van der Waals surface area contributed by atoms with Gasteiger partial charge in [0.05, 0.1) is 5.56 Å². The first-order valence-electron chi connectivity index (χ1n) is 16.8. The standard InChI is InChI=1S/C36H53N5O8/c1-34(2,3)47-31(44)38-16-11-17-39(32(45)48-35(4,5)6)18-12-19-40(33(46)49-36(7,8)9)20-13-21-41-29(42)26-15-10-14-24-22-25(37)23-27(28(24)26)30(41)43/h10,14-15,22-23H,11-13,16-21,37H2,1-9H3,(H,38,44). The van der Waals surface area contributed by atoms with Crippen LogP contribution in [-0.4, -0.2) is 101 Å². The molecular weight excluding hydrogens is 630 g/mol. The largest absolute Gasteiger partial charge is 0.444 e. The van der Waals surface area contributed by atoms with E-state index in [1.54, 1.807) is 91.5 Å². The fourth-order valence-electron chi connectivity index (χ4n) is 5.27. The molecular formula is C36H53N5O8. The van der Waals surface area contributed by atoms with Crippen molar-refractivity contribution in [2.75, 3.05) is 45.0 Å². The predicted molar refractivity (Wildman–Crippen MR) is 187 cm³/mol. The normalized spacial score (nSPS) is 13.3. The van der Waals surface area contributed by atoms with E-state index in [4.69, 9.17) is 19.9 Å². The second-order valence-corrected chi connectivity index (χ2v) is 15.2. The first-order valence-corrected chi connectivity index (χ1v) is 16.8. The molecule has 2 aromatic carbocycles. The van der Waals surface area contributed by atoms with Crippen molar-refractivity contribution in [1.82, 2.24) is 20.0 Å². The van der Waals surface area contributed by atoms with Crippen molar-refractivity contribution in [1.29, 1.82) is 0 Å². The number of anilines is 1. The van der Waals surface area contributed by atoms with Crippen molar-refractivity contribution in [2.45, 2.75) is 98.4 Å². The van der Waals surface area contributed by atoms with Crippen molar-refractivity contribution in [3.05, 3.63) is 41.5 Å². The van der Waals surface area contributed by atoms with Gasteiger partial charge < -0.3 is 35.1 Å². The lowest BCUT2D eigenvalue weighted by atomic mass is 9.93. The van der Waals surface area contributed by atoms with Crippen molar-refractivity contribution in [3.8, 4) is 0 Å². The molecule has 0 radical (unpaired) electrons. The van der Waals surface area contributed by atoms with Crippen LogP contribution in [0.25, 0.3) is 10.8 Å². The summed E-state index contributed by atoms with van der Waals surface area (Å²) in [7, 11) is 0. The monoisotopic (exact) mass is 683 g/mol.